The third-order valence-electron chi connectivity index (χ3n) is 2.64. The monoisotopic (exact) mass is 304 g/mol. The first-order valence-corrected chi connectivity index (χ1v) is 6.80. The van der Waals surface area contributed by atoms with Crippen LogP contribution < -0.4 is 10.6 Å². The minimum absolute atomic E-state index is 0.150. The van der Waals surface area contributed by atoms with Crippen LogP contribution in [0.5, 0.6) is 0 Å². The maximum absolute atomic E-state index is 11.8. The number of anilines is 1. The highest BCUT2D eigenvalue weighted by Crippen LogP contribution is 2.29. The van der Waals surface area contributed by atoms with Gasteiger partial charge in [0.25, 0.3) is 0 Å². The topological polar surface area (TPSA) is 50.4 Å². The smallest absolute Gasteiger partial charge is 0.238 e. The van der Waals surface area contributed by atoms with E-state index in [4.69, 9.17) is 27.9 Å². The molecule has 0 radical (unpaired) electrons. The van der Waals surface area contributed by atoms with Gasteiger partial charge in [0, 0.05) is 13.2 Å². The van der Waals surface area contributed by atoms with Gasteiger partial charge in [-0.2, -0.15) is 0 Å². The summed E-state index contributed by atoms with van der Waals surface area (Å²) in [7, 11) is 1.63. The van der Waals surface area contributed by atoms with Crippen LogP contribution in [-0.4, -0.2) is 32.2 Å². The van der Waals surface area contributed by atoms with E-state index in [1.54, 1.807) is 25.3 Å². The van der Waals surface area contributed by atoms with Crippen molar-refractivity contribution in [2.75, 3.05) is 25.6 Å². The zero-order chi connectivity index (χ0) is 14.3. The van der Waals surface area contributed by atoms with Crippen molar-refractivity contribution < 1.29 is 9.53 Å². The lowest BCUT2D eigenvalue weighted by Gasteiger charge is -2.16. The molecule has 1 aromatic carbocycles. The summed E-state index contributed by atoms with van der Waals surface area (Å²) in [5, 5.41) is 6.64. The summed E-state index contributed by atoms with van der Waals surface area (Å²) in [5.41, 5.74) is 0.442. The van der Waals surface area contributed by atoms with Crippen molar-refractivity contribution in [2.24, 2.45) is 0 Å². The summed E-state index contributed by atoms with van der Waals surface area (Å²) in [6, 6.07) is 5.23. The van der Waals surface area contributed by atoms with Crippen LogP contribution >= 0.6 is 23.2 Å². The third-order valence-corrected chi connectivity index (χ3v) is 3.27. The van der Waals surface area contributed by atoms with Crippen LogP contribution in [0, 0.1) is 0 Å². The summed E-state index contributed by atoms with van der Waals surface area (Å²) in [5.74, 6) is -0.190. The minimum Gasteiger partial charge on any atom is -0.383 e. The largest absolute Gasteiger partial charge is 0.383 e. The molecule has 1 rings (SSSR count). The third kappa shape index (κ3) is 5.37. The van der Waals surface area contributed by atoms with E-state index < -0.39 is 0 Å². The van der Waals surface area contributed by atoms with E-state index in [-0.39, 0.29) is 18.5 Å². The fraction of sp³-hybridized carbons (Fsp3) is 0.462. The second kappa shape index (κ2) is 8.38. The Morgan fingerprint density at radius 2 is 2.00 bits per heavy atom. The van der Waals surface area contributed by atoms with Crippen molar-refractivity contribution in [2.45, 2.75) is 19.4 Å². The van der Waals surface area contributed by atoms with Crippen LogP contribution in [-0.2, 0) is 9.53 Å². The molecular weight excluding hydrogens is 287 g/mol. The standard InChI is InChI=1S/C13H18Cl2N2O2/c1-3-9(8-19-2)16-7-12(18)17-13-10(14)5-4-6-11(13)15/h4-6,9,16H,3,7-8H2,1-2H3,(H,17,18). The highest BCUT2D eigenvalue weighted by molar-refractivity contribution is 6.39. The Hall–Kier alpha value is -0.810. The van der Waals surface area contributed by atoms with Gasteiger partial charge in [-0.05, 0) is 18.6 Å². The van der Waals surface area contributed by atoms with Crippen LogP contribution in [0.1, 0.15) is 13.3 Å². The molecule has 106 valence electrons. The highest BCUT2D eigenvalue weighted by atomic mass is 35.5. The van der Waals surface area contributed by atoms with Gasteiger partial charge in [-0.25, -0.2) is 0 Å². The number of amides is 1. The first-order valence-electron chi connectivity index (χ1n) is 6.04. The van der Waals surface area contributed by atoms with E-state index in [0.717, 1.165) is 6.42 Å². The molecular formula is C13H18Cl2N2O2. The number of carbonyl (C=O) groups excluding carboxylic acids is 1. The molecule has 0 aliphatic heterocycles. The molecule has 0 saturated heterocycles. The van der Waals surface area contributed by atoms with Gasteiger partial charge in [-0.1, -0.05) is 36.2 Å². The molecule has 1 atom stereocenters. The van der Waals surface area contributed by atoms with Crippen LogP contribution in [0.15, 0.2) is 18.2 Å². The zero-order valence-corrected chi connectivity index (χ0v) is 12.5. The number of methoxy groups -OCH3 is 1. The van der Waals surface area contributed by atoms with Gasteiger partial charge in [0.15, 0.2) is 0 Å². The second-order valence-electron chi connectivity index (χ2n) is 4.09. The van der Waals surface area contributed by atoms with E-state index in [0.29, 0.717) is 22.3 Å². The lowest BCUT2D eigenvalue weighted by molar-refractivity contribution is -0.115. The molecule has 4 nitrogen and oxygen atoms in total. The Balaban J connectivity index is 2.51. The average molecular weight is 305 g/mol. The van der Waals surface area contributed by atoms with Gasteiger partial charge in [-0.15, -0.1) is 0 Å². The average Bonchev–Trinajstić information content (AvgIpc) is 2.39. The fourth-order valence-corrected chi connectivity index (χ4v) is 2.05. The molecule has 0 aliphatic carbocycles. The molecule has 6 heteroatoms. The number of nitrogens with one attached hydrogen (secondary N) is 2. The van der Waals surface area contributed by atoms with Crippen molar-refractivity contribution >= 4 is 34.8 Å². The van der Waals surface area contributed by atoms with Crippen molar-refractivity contribution in [3.8, 4) is 0 Å². The van der Waals surface area contributed by atoms with Crippen molar-refractivity contribution in [1.82, 2.24) is 5.32 Å². The van der Waals surface area contributed by atoms with Crippen molar-refractivity contribution in [3.63, 3.8) is 0 Å². The van der Waals surface area contributed by atoms with Gasteiger partial charge in [0.2, 0.25) is 5.91 Å². The molecule has 0 aromatic heterocycles. The molecule has 0 fully saturated rings. The van der Waals surface area contributed by atoms with Gasteiger partial charge in [-0.3, -0.25) is 4.79 Å². The Labute approximate surface area is 123 Å². The molecule has 1 aromatic rings. The fourth-order valence-electron chi connectivity index (χ4n) is 1.56. The summed E-state index contributed by atoms with van der Waals surface area (Å²) >= 11 is 11.9. The van der Waals surface area contributed by atoms with Crippen molar-refractivity contribution in [3.05, 3.63) is 28.2 Å². The van der Waals surface area contributed by atoms with Crippen LogP contribution in [0.25, 0.3) is 0 Å². The molecule has 0 bridgehead atoms. The zero-order valence-electron chi connectivity index (χ0n) is 11.0. The molecule has 19 heavy (non-hydrogen) atoms. The Morgan fingerprint density at radius 3 is 2.53 bits per heavy atom. The number of para-hydroxylation sites is 1. The van der Waals surface area contributed by atoms with Crippen LogP contribution in [0.2, 0.25) is 10.0 Å². The first kappa shape index (κ1) is 16.2. The van der Waals surface area contributed by atoms with Crippen LogP contribution in [0.3, 0.4) is 0 Å². The lowest BCUT2D eigenvalue weighted by Crippen LogP contribution is -2.38. The number of ether oxygens (including phenoxy) is 1. The van der Waals surface area contributed by atoms with Gasteiger partial charge >= 0.3 is 0 Å². The summed E-state index contributed by atoms with van der Waals surface area (Å²) in [6.07, 6.45) is 0.883. The second-order valence-corrected chi connectivity index (χ2v) is 4.90. The van der Waals surface area contributed by atoms with E-state index in [2.05, 4.69) is 10.6 Å². The molecule has 0 saturated carbocycles. The maximum atomic E-state index is 11.8. The normalized spacial score (nSPS) is 12.2. The van der Waals surface area contributed by atoms with E-state index >= 15 is 0 Å². The Kier molecular flexibility index (Phi) is 7.16. The molecule has 2 N–H and O–H groups in total. The number of halogens is 2. The Morgan fingerprint density at radius 1 is 1.37 bits per heavy atom. The van der Waals surface area contributed by atoms with Crippen LogP contribution in [0.4, 0.5) is 5.69 Å². The maximum Gasteiger partial charge on any atom is 0.238 e. The summed E-state index contributed by atoms with van der Waals surface area (Å²) in [6.45, 7) is 2.78. The number of rotatable bonds is 7. The number of carbonyl (C=O) groups is 1. The molecule has 1 amide bonds. The molecule has 0 spiro atoms. The predicted octanol–water partition coefficient (Wildman–Crippen LogP) is 2.95. The summed E-state index contributed by atoms with van der Waals surface area (Å²) in [4.78, 5) is 11.8. The minimum atomic E-state index is -0.190. The quantitative estimate of drug-likeness (QED) is 0.814. The molecule has 0 aliphatic rings. The van der Waals surface area contributed by atoms with Gasteiger partial charge in [0.1, 0.15) is 0 Å². The highest BCUT2D eigenvalue weighted by Gasteiger charge is 2.11. The summed E-state index contributed by atoms with van der Waals surface area (Å²) < 4.78 is 5.05. The van der Waals surface area contributed by atoms with Gasteiger partial charge in [0.05, 0.1) is 28.9 Å². The number of benzene rings is 1. The van der Waals surface area contributed by atoms with E-state index in [9.17, 15) is 4.79 Å². The SMILES string of the molecule is CCC(COC)NCC(=O)Nc1c(Cl)cccc1Cl. The van der Waals surface area contributed by atoms with Gasteiger partial charge < -0.3 is 15.4 Å². The molecule has 1 unspecified atom stereocenters. The van der Waals surface area contributed by atoms with Crippen molar-refractivity contribution in [1.29, 1.82) is 0 Å². The number of hydrogen-bond donors (Lipinski definition) is 2. The van der Waals surface area contributed by atoms with E-state index in [1.165, 1.54) is 0 Å². The predicted molar refractivity (Wildman–Crippen MR) is 79.0 cm³/mol. The first-order chi connectivity index (χ1) is 9.08. The Bertz CT molecular complexity index is 407. The number of hydrogen-bond acceptors (Lipinski definition) is 3. The lowest BCUT2D eigenvalue weighted by atomic mass is 10.2. The van der Waals surface area contributed by atoms with E-state index in [1.807, 2.05) is 6.92 Å². The molecule has 0 heterocycles.